The Morgan fingerprint density at radius 3 is 2.38 bits per heavy atom. The summed E-state index contributed by atoms with van der Waals surface area (Å²) in [6, 6.07) is 24.6. The van der Waals surface area contributed by atoms with Gasteiger partial charge in [-0.25, -0.2) is 0 Å². The minimum absolute atomic E-state index is 0.519. The van der Waals surface area contributed by atoms with E-state index in [4.69, 9.17) is 4.74 Å². The van der Waals surface area contributed by atoms with E-state index in [1.807, 2.05) is 36.5 Å². The number of hydrazone groups is 1. The van der Waals surface area contributed by atoms with Crippen LogP contribution < -0.4 is 15.1 Å². The van der Waals surface area contributed by atoms with Crippen molar-refractivity contribution in [3.05, 3.63) is 87.5 Å². The second-order valence-electron chi connectivity index (χ2n) is 6.55. The second kappa shape index (κ2) is 10.9. The highest BCUT2D eigenvalue weighted by atomic mass is 127. The molecule has 0 heterocycles. The SMILES string of the molecule is CCN(CC)c1ccc(/C=N\Nc2ccccc2)c(OCc2ccc(I)cc2)c1. The molecule has 1 N–H and O–H groups in total. The van der Waals surface area contributed by atoms with E-state index < -0.39 is 0 Å². The number of hydrogen-bond donors (Lipinski definition) is 1. The van der Waals surface area contributed by atoms with E-state index in [-0.39, 0.29) is 0 Å². The molecule has 3 aromatic rings. The maximum atomic E-state index is 6.20. The number of nitrogens with zero attached hydrogens (tertiary/aromatic N) is 2. The average molecular weight is 499 g/mol. The number of rotatable bonds is 9. The molecular formula is C24H26IN3O. The Balaban J connectivity index is 1.80. The Morgan fingerprint density at radius 2 is 1.69 bits per heavy atom. The molecule has 0 spiro atoms. The first kappa shape index (κ1) is 21.2. The van der Waals surface area contributed by atoms with E-state index >= 15 is 0 Å². The van der Waals surface area contributed by atoms with Gasteiger partial charge >= 0.3 is 0 Å². The highest BCUT2D eigenvalue weighted by Crippen LogP contribution is 2.26. The number of ether oxygens (including phenoxy) is 1. The summed E-state index contributed by atoms with van der Waals surface area (Å²) in [5.74, 6) is 0.826. The van der Waals surface area contributed by atoms with Crippen molar-refractivity contribution in [3.63, 3.8) is 0 Å². The van der Waals surface area contributed by atoms with Gasteiger partial charge in [-0.2, -0.15) is 5.10 Å². The topological polar surface area (TPSA) is 36.9 Å². The minimum atomic E-state index is 0.519. The quantitative estimate of drug-likeness (QED) is 0.218. The van der Waals surface area contributed by atoms with Crippen LogP contribution in [-0.2, 0) is 6.61 Å². The van der Waals surface area contributed by atoms with Crippen molar-refractivity contribution in [2.24, 2.45) is 5.10 Å². The summed E-state index contributed by atoms with van der Waals surface area (Å²) >= 11 is 2.31. The van der Waals surface area contributed by atoms with Gasteiger partial charge in [0.1, 0.15) is 12.4 Å². The molecule has 0 aliphatic rings. The Kier molecular flexibility index (Phi) is 7.93. The fourth-order valence-electron chi connectivity index (χ4n) is 2.97. The summed E-state index contributed by atoms with van der Waals surface area (Å²) in [7, 11) is 0. The van der Waals surface area contributed by atoms with Crippen LogP contribution in [0, 0.1) is 3.57 Å². The molecule has 5 heteroatoms. The molecule has 0 atom stereocenters. The van der Waals surface area contributed by atoms with Crippen molar-refractivity contribution in [2.75, 3.05) is 23.4 Å². The van der Waals surface area contributed by atoms with Gasteiger partial charge in [-0.1, -0.05) is 30.3 Å². The smallest absolute Gasteiger partial charge is 0.130 e. The zero-order valence-electron chi connectivity index (χ0n) is 16.8. The third-order valence-electron chi connectivity index (χ3n) is 4.60. The van der Waals surface area contributed by atoms with Gasteiger partial charge in [0.05, 0.1) is 11.9 Å². The highest BCUT2D eigenvalue weighted by Gasteiger charge is 2.08. The first-order chi connectivity index (χ1) is 14.2. The van der Waals surface area contributed by atoms with Crippen LogP contribution in [0.15, 0.2) is 77.9 Å². The third-order valence-corrected chi connectivity index (χ3v) is 5.32. The summed E-state index contributed by atoms with van der Waals surface area (Å²) in [6.45, 7) is 6.75. The Hall–Kier alpha value is -2.54. The van der Waals surface area contributed by atoms with Crippen molar-refractivity contribution in [1.82, 2.24) is 0 Å². The first-order valence-electron chi connectivity index (χ1n) is 9.80. The van der Waals surface area contributed by atoms with Gasteiger partial charge in [-0.3, -0.25) is 5.43 Å². The lowest BCUT2D eigenvalue weighted by molar-refractivity contribution is 0.306. The molecule has 29 heavy (non-hydrogen) atoms. The number of benzene rings is 3. The van der Waals surface area contributed by atoms with Gasteiger partial charge in [-0.05, 0) is 78.4 Å². The zero-order valence-corrected chi connectivity index (χ0v) is 19.0. The van der Waals surface area contributed by atoms with Crippen LogP contribution in [0.25, 0.3) is 0 Å². The molecule has 0 aliphatic heterocycles. The van der Waals surface area contributed by atoms with Crippen LogP contribution >= 0.6 is 22.6 Å². The monoisotopic (exact) mass is 499 g/mol. The molecule has 0 saturated heterocycles. The van der Waals surface area contributed by atoms with Crippen LogP contribution in [0.1, 0.15) is 25.0 Å². The molecule has 0 radical (unpaired) electrons. The predicted molar refractivity (Wildman–Crippen MR) is 131 cm³/mol. The largest absolute Gasteiger partial charge is 0.488 e. The molecule has 0 fully saturated rings. The Morgan fingerprint density at radius 1 is 0.966 bits per heavy atom. The molecule has 4 nitrogen and oxygen atoms in total. The molecule has 0 unspecified atom stereocenters. The molecule has 0 aromatic heterocycles. The summed E-state index contributed by atoms with van der Waals surface area (Å²) in [5, 5.41) is 4.38. The van der Waals surface area contributed by atoms with E-state index in [0.29, 0.717) is 6.61 Å². The van der Waals surface area contributed by atoms with E-state index in [0.717, 1.165) is 41.3 Å². The lowest BCUT2D eigenvalue weighted by Gasteiger charge is -2.22. The molecule has 0 amide bonds. The lowest BCUT2D eigenvalue weighted by atomic mass is 10.1. The maximum Gasteiger partial charge on any atom is 0.130 e. The number of nitrogens with one attached hydrogen (secondary N) is 1. The van der Waals surface area contributed by atoms with E-state index in [1.54, 1.807) is 0 Å². The standard InChI is InChI=1S/C24H26IN3O/c1-3-28(4-2)23-15-12-20(17-26-27-22-8-6-5-7-9-22)24(16-23)29-18-19-10-13-21(25)14-11-19/h5-17,27H,3-4,18H2,1-2H3/b26-17-. The Labute approximate surface area is 186 Å². The maximum absolute atomic E-state index is 6.20. The molecular weight excluding hydrogens is 473 g/mol. The fraction of sp³-hybridized carbons (Fsp3) is 0.208. The summed E-state index contributed by atoms with van der Waals surface area (Å²) < 4.78 is 7.41. The van der Waals surface area contributed by atoms with Crippen molar-refractivity contribution in [2.45, 2.75) is 20.5 Å². The second-order valence-corrected chi connectivity index (χ2v) is 7.79. The normalized spacial score (nSPS) is 10.9. The lowest BCUT2D eigenvalue weighted by Crippen LogP contribution is -2.21. The third kappa shape index (κ3) is 6.22. The van der Waals surface area contributed by atoms with Crippen LogP contribution in [0.5, 0.6) is 5.75 Å². The summed E-state index contributed by atoms with van der Waals surface area (Å²) in [5.41, 5.74) is 7.25. The van der Waals surface area contributed by atoms with Crippen molar-refractivity contribution >= 4 is 40.2 Å². The molecule has 150 valence electrons. The number of halogens is 1. The van der Waals surface area contributed by atoms with Crippen LogP contribution in [0.4, 0.5) is 11.4 Å². The molecule has 0 aliphatic carbocycles. The van der Waals surface area contributed by atoms with Gasteiger partial charge in [-0.15, -0.1) is 0 Å². The van der Waals surface area contributed by atoms with E-state index in [1.165, 1.54) is 3.57 Å². The van der Waals surface area contributed by atoms with Crippen molar-refractivity contribution < 1.29 is 4.74 Å². The zero-order chi connectivity index (χ0) is 20.5. The van der Waals surface area contributed by atoms with Crippen LogP contribution in [-0.4, -0.2) is 19.3 Å². The fourth-order valence-corrected chi connectivity index (χ4v) is 3.33. The molecule has 3 rings (SSSR count). The summed E-state index contributed by atoms with van der Waals surface area (Å²) in [4.78, 5) is 2.31. The predicted octanol–water partition coefficient (Wildman–Crippen LogP) is 6.16. The molecule has 0 bridgehead atoms. The Bertz CT molecular complexity index is 923. The molecule has 0 saturated carbocycles. The highest BCUT2D eigenvalue weighted by molar-refractivity contribution is 14.1. The van der Waals surface area contributed by atoms with Gasteiger partial charge in [0.25, 0.3) is 0 Å². The number of hydrogen-bond acceptors (Lipinski definition) is 4. The molecule has 3 aromatic carbocycles. The van der Waals surface area contributed by atoms with Crippen molar-refractivity contribution in [1.29, 1.82) is 0 Å². The van der Waals surface area contributed by atoms with Gasteiger partial charge < -0.3 is 9.64 Å². The van der Waals surface area contributed by atoms with Crippen LogP contribution in [0.3, 0.4) is 0 Å². The minimum Gasteiger partial charge on any atom is -0.488 e. The van der Waals surface area contributed by atoms with Gasteiger partial charge in [0, 0.05) is 34.0 Å². The van der Waals surface area contributed by atoms with Crippen LogP contribution in [0.2, 0.25) is 0 Å². The number of para-hydroxylation sites is 1. The van der Waals surface area contributed by atoms with Crippen molar-refractivity contribution in [3.8, 4) is 5.75 Å². The summed E-state index contributed by atoms with van der Waals surface area (Å²) in [6.07, 6.45) is 1.81. The first-order valence-corrected chi connectivity index (χ1v) is 10.9. The van der Waals surface area contributed by atoms with E-state index in [2.05, 4.69) is 94.3 Å². The van der Waals surface area contributed by atoms with Gasteiger partial charge in [0.2, 0.25) is 0 Å². The number of anilines is 2. The van der Waals surface area contributed by atoms with Gasteiger partial charge in [0.15, 0.2) is 0 Å². The van der Waals surface area contributed by atoms with E-state index in [9.17, 15) is 0 Å². The average Bonchev–Trinajstić information content (AvgIpc) is 2.76.